The van der Waals surface area contributed by atoms with Crippen molar-refractivity contribution in [1.82, 2.24) is 10.3 Å². The molecule has 0 saturated heterocycles. The Kier molecular flexibility index (Phi) is 6.34. The molecule has 0 spiro atoms. The number of nitrogens with zero attached hydrogens (tertiary/aromatic N) is 1. The van der Waals surface area contributed by atoms with Crippen LogP contribution in [0.3, 0.4) is 0 Å². The van der Waals surface area contributed by atoms with Gasteiger partial charge in [-0.05, 0) is 26.2 Å². The van der Waals surface area contributed by atoms with Gasteiger partial charge >= 0.3 is 0 Å². The third-order valence-corrected chi connectivity index (χ3v) is 3.48. The fraction of sp³-hybridized carbons (Fsp3) is 0.615. The molecular formula is C13H22N2S. The van der Waals surface area contributed by atoms with E-state index in [-0.39, 0.29) is 0 Å². The third-order valence-electron chi connectivity index (χ3n) is 2.57. The second kappa shape index (κ2) is 7.58. The molecule has 1 N–H and O–H groups in total. The van der Waals surface area contributed by atoms with Crippen LogP contribution in [0, 0.1) is 6.92 Å². The molecular weight excluding hydrogens is 216 g/mol. The van der Waals surface area contributed by atoms with Crippen LogP contribution in [0.5, 0.6) is 0 Å². The van der Waals surface area contributed by atoms with E-state index < -0.39 is 0 Å². The molecule has 0 fully saturated rings. The maximum atomic E-state index is 4.36. The first kappa shape index (κ1) is 13.4. The van der Waals surface area contributed by atoms with Gasteiger partial charge in [0.2, 0.25) is 0 Å². The van der Waals surface area contributed by atoms with Crippen LogP contribution in [0.25, 0.3) is 0 Å². The van der Waals surface area contributed by atoms with Gasteiger partial charge in [0.05, 0.1) is 0 Å². The molecule has 1 unspecified atom stereocenters. The summed E-state index contributed by atoms with van der Waals surface area (Å²) in [7, 11) is 0. The van der Waals surface area contributed by atoms with E-state index in [2.05, 4.69) is 30.7 Å². The van der Waals surface area contributed by atoms with Crippen molar-refractivity contribution >= 4 is 11.3 Å². The number of aromatic nitrogens is 1. The first-order valence-electron chi connectivity index (χ1n) is 6.01. The molecule has 3 heteroatoms. The minimum Gasteiger partial charge on any atom is -0.308 e. The number of aryl methyl sites for hydroxylation is 1. The highest BCUT2D eigenvalue weighted by atomic mass is 32.1. The summed E-state index contributed by atoms with van der Waals surface area (Å²) in [5.74, 6) is 0. The minimum atomic E-state index is 0.604. The molecule has 2 nitrogen and oxygen atoms in total. The second-order valence-electron chi connectivity index (χ2n) is 4.10. The summed E-state index contributed by atoms with van der Waals surface area (Å²) >= 11 is 1.78. The molecule has 1 rings (SSSR count). The van der Waals surface area contributed by atoms with Gasteiger partial charge in [0.15, 0.2) is 0 Å². The molecule has 0 aromatic carbocycles. The molecule has 0 aliphatic rings. The van der Waals surface area contributed by atoms with Gasteiger partial charge in [-0.25, -0.2) is 4.98 Å². The predicted octanol–water partition coefficient (Wildman–Crippen LogP) is 3.68. The average molecular weight is 238 g/mol. The van der Waals surface area contributed by atoms with Gasteiger partial charge in [-0.1, -0.05) is 19.4 Å². The standard InChI is InChI=1S/C13H22N2S/c1-4-6-8-12(7-5-2)14-10-13-15-9-11(3)16-13/h4,9,12,14H,1,5-8,10H2,2-3H3. The molecule has 0 aliphatic carbocycles. The summed E-state index contributed by atoms with van der Waals surface area (Å²) in [4.78, 5) is 5.65. The van der Waals surface area contributed by atoms with Crippen molar-refractivity contribution in [1.29, 1.82) is 0 Å². The lowest BCUT2D eigenvalue weighted by atomic mass is 10.1. The Balaban J connectivity index is 2.33. The van der Waals surface area contributed by atoms with Crippen molar-refractivity contribution in [3.8, 4) is 0 Å². The van der Waals surface area contributed by atoms with Crippen LogP contribution in [0.2, 0.25) is 0 Å². The monoisotopic (exact) mass is 238 g/mol. The summed E-state index contributed by atoms with van der Waals surface area (Å²) < 4.78 is 0. The number of nitrogens with one attached hydrogen (secondary N) is 1. The predicted molar refractivity (Wildman–Crippen MR) is 71.8 cm³/mol. The Bertz CT molecular complexity index is 307. The fourth-order valence-corrected chi connectivity index (χ4v) is 2.47. The lowest BCUT2D eigenvalue weighted by Crippen LogP contribution is -2.28. The summed E-state index contributed by atoms with van der Waals surface area (Å²) in [6.45, 7) is 9.01. The van der Waals surface area contributed by atoms with E-state index in [9.17, 15) is 0 Å². The van der Waals surface area contributed by atoms with Gasteiger partial charge in [0, 0.05) is 23.7 Å². The van der Waals surface area contributed by atoms with E-state index in [0.717, 1.165) is 13.0 Å². The van der Waals surface area contributed by atoms with Crippen LogP contribution in [0.1, 0.15) is 42.5 Å². The minimum absolute atomic E-state index is 0.604. The van der Waals surface area contributed by atoms with Crippen LogP contribution in [0.15, 0.2) is 18.9 Å². The fourth-order valence-electron chi connectivity index (χ4n) is 1.73. The molecule has 0 radical (unpaired) electrons. The first-order valence-corrected chi connectivity index (χ1v) is 6.83. The number of thiazole rings is 1. The number of hydrogen-bond donors (Lipinski definition) is 1. The maximum absolute atomic E-state index is 4.36. The summed E-state index contributed by atoms with van der Waals surface area (Å²) in [6, 6.07) is 0.604. The topological polar surface area (TPSA) is 24.9 Å². The highest BCUT2D eigenvalue weighted by Crippen LogP contribution is 2.12. The zero-order chi connectivity index (χ0) is 11.8. The largest absolute Gasteiger partial charge is 0.308 e. The van der Waals surface area contributed by atoms with Gasteiger partial charge in [0.25, 0.3) is 0 Å². The molecule has 1 heterocycles. The van der Waals surface area contributed by atoms with Crippen LogP contribution >= 0.6 is 11.3 Å². The van der Waals surface area contributed by atoms with Crippen LogP contribution in [-0.4, -0.2) is 11.0 Å². The molecule has 0 aliphatic heterocycles. The SMILES string of the molecule is C=CCCC(CCC)NCc1ncc(C)s1. The lowest BCUT2D eigenvalue weighted by molar-refractivity contribution is 0.450. The lowest BCUT2D eigenvalue weighted by Gasteiger charge is -2.16. The van der Waals surface area contributed by atoms with Gasteiger partial charge in [-0.15, -0.1) is 17.9 Å². The van der Waals surface area contributed by atoms with E-state index >= 15 is 0 Å². The van der Waals surface area contributed by atoms with E-state index in [4.69, 9.17) is 0 Å². The van der Waals surface area contributed by atoms with Crippen LogP contribution in [0.4, 0.5) is 0 Å². The maximum Gasteiger partial charge on any atom is 0.107 e. The first-order chi connectivity index (χ1) is 7.76. The Morgan fingerprint density at radius 1 is 1.56 bits per heavy atom. The summed E-state index contributed by atoms with van der Waals surface area (Å²) in [6.07, 6.45) is 8.68. The smallest absolute Gasteiger partial charge is 0.107 e. The zero-order valence-corrected chi connectivity index (χ0v) is 11.1. The Hall–Kier alpha value is -0.670. The zero-order valence-electron chi connectivity index (χ0n) is 10.3. The Morgan fingerprint density at radius 3 is 2.94 bits per heavy atom. The van der Waals surface area contributed by atoms with Gasteiger partial charge in [0.1, 0.15) is 5.01 Å². The number of hydrogen-bond acceptors (Lipinski definition) is 3. The van der Waals surface area contributed by atoms with Crippen molar-refractivity contribution in [2.75, 3.05) is 0 Å². The van der Waals surface area contributed by atoms with Gasteiger partial charge < -0.3 is 5.32 Å². The number of allylic oxidation sites excluding steroid dienone is 1. The van der Waals surface area contributed by atoms with Gasteiger partial charge in [-0.3, -0.25) is 0 Å². The Morgan fingerprint density at radius 2 is 2.38 bits per heavy atom. The normalized spacial score (nSPS) is 12.6. The van der Waals surface area contributed by atoms with E-state index in [1.165, 1.54) is 29.1 Å². The van der Waals surface area contributed by atoms with E-state index in [0.29, 0.717) is 6.04 Å². The second-order valence-corrected chi connectivity index (χ2v) is 5.42. The van der Waals surface area contributed by atoms with Crippen molar-refractivity contribution in [3.63, 3.8) is 0 Å². The van der Waals surface area contributed by atoms with E-state index in [1.54, 1.807) is 11.3 Å². The molecule has 0 bridgehead atoms. The van der Waals surface area contributed by atoms with E-state index in [1.807, 2.05) is 12.3 Å². The highest BCUT2D eigenvalue weighted by molar-refractivity contribution is 7.11. The van der Waals surface area contributed by atoms with Crippen molar-refractivity contribution in [3.05, 3.63) is 28.7 Å². The van der Waals surface area contributed by atoms with Crippen molar-refractivity contribution in [2.45, 2.75) is 52.1 Å². The summed E-state index contributed by atoms with van der Waals surface area (Å²) in [5.41, 5.74) is 0. The van der Waals surface area contributed by atoms with Crippen molar-refractivity contribution in [2.24, 2.45) is 0 Å². The van der Waals surface area contributed by atoms with Gasteiger partial charge in [-0.2, -0.15) is 0 Å². The highest BCUT2D eigenvalue weighted by Gasteiger charge is 2.07. The van der Waals surface area contributed by atoms with Crippen molar-refractivity contribution < 1.29 is 0 Å². The number of rotatable bonds is 8. The van der Waals surface area contributed by atoms with Crippen LogP contribution < -0.4 is 5.32 Å². The molecule has 90 valence electrons. The molecule has 16 heavy (non-hydrogen) atoms. The quantitative estimate of drug-likeness (QED) is 0.699. The molecule has 0 saturated carbocycles. The summed E-state index contributed by atoms with van der Waals surface area (Å²) in [5, 5.41) is 4.78. The third kappa shape index (κ3) is 4.90. The molecule has 1 atom stereocenters. The Labute approximate surface area is 103 Å². The average Bonchev–Trinajstić information content (AvgIpc) is 2.68. The molecule has 1 aromatic heterocycles. The van der Waals surface area contributed by atoms with Crippen LogP contribution in [-0.2, 0) is 6.54 Å². The molecule has 1 aromatic rings. The molecule has 0 amide bonds.